The van der Waals surface area contributed by atoms with Crippen LogP contribution < -0.4 is 0 Å². The van der Waals surface area contributed by atoms with Gasteiger partial charge in [0.15, 0.2) is 0 Å². The van der Waals surface area contributed by atoms with E-state index in [2.05, 4.69) is 4.90 Å². The predicted molar refractivity (Wildman–Crippen MR) is 80.8 cm³/mol. The van der Waals surface area contributed by atoms with E-state index in [9.17, 15) is 9.90 Å². The summed E-state index contributed by atoms with van der Waals surface area (Å²) in [5.74, 6) is 0.509. The van der Waals surface area contributed by atoms with Crippen molar-refractivity contribution in [3.63, 3.8) is 0 Å². The lowest BCUT2D eigenvalue weighted by Crippen LogP contribution is -2.53. The van der Waals surface area contributed by atoms with Gasteiger partial charge in [-0.2, -0.15) is 0 Å². The topological polar surface area (TPSA) is 66.2 Å². The zero-order valence-electron chi connectivity index (χ0n) is 13.1. The van der Waals surface area contributed by atoms with E-state index in [0.717, 1.165) is 13.1 Å². The quantitative estimate of drug-likeness (QED) is 0.898. The smallest absolute Gasteiger partial charge is 0.257 e. The van der Waals surface area contributed by atoms with Gasteiger partial charge in [0, 0.05) is 13.1 Å². The Morgan fingerprint density at radius 1 is 1.36 bits per heavy atom. The van der Waals surface area contributed by atoms with E-state index in [1.54, 1.807) is 17.9 Å². The maximum absolute atomic E-state index is 12.6. The first-order chi connectivity index (χ1) is 10.6. The second-order valence-electron chi connectivity index (χ2n) is 6.38. The van der Waals surface area contributed by atoms with Gasteiger partial charge in [-0.1, -0.05) is 0 Å². The van der Waals surface area contributed by atoms with E-state index in [0.29, 0.717) is 37.6 Å². The standard InChI is InChI=1S/C16H24N2O4/c1-13-14(4-8-22-13)15(19)18-7-9-21-12-16(20,11-18)10-17-5-2-3-6-17/h4,8,20H,2-3,5-7,9-12H2,1H3. The Labute approximate surface area is 130 Å². The molecule has 1 aromatic rings. The molecule has 0 spiro atoms. The van der Waals surface area contributed by atoms with Gasteiger partial charge in [-0.25, -0.2) is 0 Å². The van der Waals surface area contributed by atoms with Crippen molar-refractivity contribution in [1.29, 1.82) is 0 Å². The summed E-state index contributed by atoms with van der Waals surface area (Å²) in [7, 11) is 0. The van der Waals surface area contributed by atoms with Crippen molar-refractivity contribution in [2.75, 3.05) is 45.9 Å². The number of β-amino-alcohol motifs (C(OH)–C–C–N with tert-alkyl or cyclic N) is 1. The molecule has 3 heterocycles. The lowest BCUT2D eigenvalue weighted by Gasteiger charge is -2.33. The molecule has 2 aliphatic rings. The van der Waals surface area contributed by atoms with E-state index in [1.807, 2.05) is 0 Å². The van der Waals surface area contributed by atoms with Crippen molar-refractivity contribution in [1.82, 2.24) is 9.80 Å². The van der Waals surface area contributed by atoms with Crippen LogP contribution in [0.3, 0.4) is 0 Å². The van der Waals surface area contributed by atoms with Gasteiger partial charge in [-0.3, -0.25) is 4.79 Å². The fraction of sp³-hybridized carbons (Fsp3) is 0.688. The zero-order valence-corrected chi connectivity index (χ0v) is 13.1. The fourth-order valence-corrected chi connectivity index (χ4v) is 3.32. The molecule has 122 valence electrons. The normalized spacial score (nSPS) is 27.1. The van der Waals surface area contributed by atoms with Crippen molar-refractivity contribution in [3.05, 3.63) is 23.7 Å². The number of nitrogens with zero attached hydrogens (tertiary/aromatic N) is 2. The molecular weight excluding hydrogens is 284 g/mol. The van der Waals surface area contributed by atoms with Crippen LogP contribution in [0.2, 0.25) is 0 Å². The third-order valence-corrected chi connectivity index (χ3v) is 4.45. The van der Waals surface area contributed by atoms with E-state index in [-0.39, 0.29) is 12.5 Å². The molecule has 0 saturated carbocycles. The maximum atomic E-state index is 12.6. The zero-order chi connectivity index (χ0) is 15.6. The van der Waals surface area contributed by atoms with Gasteiger partial charge in [0.2, 0.25) is 0 Å². The molecule has 2 fully saturated rings. The van der Waals surface area contributed by atoms with Gasteiger partial charge in [0.1, 0.15) is 11.4 Å². The Morgan fingerprint density at radius 2 is 2.14 bits per heavy atom. The number of hydrogen-bond acceptors (Lipinski definition) is 5. The van der Waals surface area contributed by atoms with E-state index < -0.39 is 5.60 Å². The lowest BCUT2D eigenvalue weighted by molar-refractivity contribution is -0.0524. The van der Waals surface area contributed by atoms with E-state index in [1.165, 1.54) is 19.1 Å². The number of aliphatic hydroxyl groups is 1. The average molecular weight is 308 g/mol. The first kappa shape index (κ1) is 15.5. The number of aryl methyl sites for hydroxylation is 1. The summed E-state index contributed by atoms with van der Waals surface area (Å²) >= 11 is 0. The minimum absolute atomic E-state index is 0.100. The van der Waals surface area contributed by atoms with Crippen LogP contribution in [0.1, 0.15) is 29.0 Å². The van der Waals surface area contributed by atoms with Crippen molar-refractivity contribution in [2.24, 2.45) is 0 Å². The molecule has 0 radical (unpaired) electrons. The van der Waals surface area contributed by atoms with Crippen molar-refractivity contribution in [3.8, 4) is 0 Å². The number of amides is 1. The highest BCUT2D eigenvalue weighted by Gasteiger charge is 2.37. The summed E-state index contributed by atoms with van der Waals surface area (Å²) in [6.45, 7) is 5.87. The molecule has 1 N–H and O–H groups in total. The molecule has 6 heteroatoms. The molecular formula is C16H24N2O4. The van der Waals surface area contributed by atoms with Crippen LogP contribution in [0, 0.1) is 6.92 Å². The molecule has 22 heavy (non-hydrogen) atoms. The number of carbonyl (C=O) groups is 1. The maximum Gasteiger partial charge on any atom is 0.257 e. The minimum atomic E-state index is -1.01. The highest BCUT2D eigenvalue weighted by molar-refractivity contribution is 5.95. The molecule has 1 amide bonds. The monoisotopic (exact) mass is 308 g/mol. The average Bonchev–Trinajstić information content (AvgIpc) is 3.09. The minimum Gasteiger partial charge on any atom is -0.469 e. The Morgan fingerprint density at radius 3 is 2.82 bits per heavy atom. The summed E-state index contributed by atoms with van der Waals surface area (Å²) in [4.78, 5) is 16.6. The summed E-state index contributed by atoms with van der Waals surface area (Å²) in [5, 5.41) is 10.9. The Bertz CT molecular complexity index is 524. The molecule has 0 aromatic carbocycles. The van der Waals surface area contributed by atoms with Crippen LogP contribution in [0.15, 0.2) is 16.7 Å². The van der Waals surface area contributed by atoms with Gasteiger partial charge < -0.3 is 24.1 Å². The molecule has 3 rings (SSSR count). The van der Waals surface area contributed by atoms with Crippen LogP contribution in [0.4, 0.5) is 0 Å². The van der Waals surface area contributed by atoms with Crippen LogP contribution >= 0.6 is 0 Å². The summed E-state index contributed by atoms with van der Waals surface area (Å²) in [5.41, 5.74) is -0.445. The second-order valence-corrected chi connectivity index (χ2v) is 6.38. The third-order valence-electron chi connectivity index (χ3n) is 4.45. The van der Waals surface area contributed by atoms with Gasteiger partial charge in [-0.05, 0) is 38.9 Å². The highest BCUT2D eigenvalue weighted by atomic mass is 16.5. The SMILES string of the molecule is Cc1occc1C(=O)N1CCOCC(O)(CN2CCCC2)C1. The number of rotatable bonds is 3. The first-order valence-electron chi connectivity index (χ1n) is 7.93. The summed E-state index contributed by atoms with van der Waals surface area (Å²) in [6.07, 6.45) is 3.87. The molecule has 2 aliphatic heterocycles. The van der Waals surface area contributed by atoms with Crippen LogP contribution in [0.25, 0.3) is 0 Å². The van der Waals surface area contributed by atoms with Crippen LogP contribution in [0.5, 0.6) is 0 Å². The molecule has 6 nitrogen and oxygen atoms in total. The number of likely N-dealkylation sites (tertiary alicyclic amines) is 1. The van der Waals surface area contributed by atoms with E-state index >= 15 is 0 Å². The lowest BCUT2D eigenvalue weighted by atomic mass is 10.0. The van der Waals surface area contributed by atoms with Gasteiger partial charge in [-0.15, -0.1) is 0 Å². The van der Waals surface area contributed by atoms with Crippen molar-refractivity contribution >= 4 is 5.91 Å². The van der Waals surface area contributed by atoms with Gasteiger partial charge in [0.05, 0.1) is 31.6 Å². The molecule has 1 aromatic heterocycles. The second kappa shape index (κ2) is 6.40. The fourth-order valence-electron chi connectivity index (χ4n) is 3.32. The van der Waals surface area contributed by atoms with Crippen molar-refractivity contribution in [2.45, 2.75) is 25.4 Å². The Balaban J connectivity index is 1.71. The largest absolute Gasteiger partial charge is 0.469 e. The number of hydrogen-bond donors (Lipinski definition) is 1. The third kappa shape index (κ3) is 3.34. The van der Waals surface area contributed by atoms with Gasteiger partial charge in [0.25, 0.3) is 5.91 Å². The first-order valence-corrected chi connectivity index (χ1v) is 7.93. The Hall–Kier alpha value is -1.37. The molecule has 1 unspecified atom stereocenters. The molecule has 2 saturated heterocycles. The van der Waals surface area contributed by atoms with Crippen LogP contribution in [-0.4, -0.2) is 72.4 Å². The number of carbonyl (C=O) groups excluding carboxylic acids is 1. The Kier molecular flexibility index (Phi) is 4.52. The van der Waals surface area contributed by atoms with E-state index in [4.69, 9.17) is 9.15 Å². The van der Waals surface area contributed by atoms with Crippen molar-refractivity contribution < 1.29 is 19.1 Å². The summed E-state index contributed by atoms with van der Waals surface area (Å²) < 4.78 is 10.8. The van der Waals surface area contributed by atoms with Crippen LogP contribution in [-0.2, 0) is 4.74 Å². The summed E-state index contributed by atoms with van der Waals surface area (Å²) in [6, 6.07) is 1.68. The molecule has 0 bridgehead atoms. The highest BCUT2D eigenvalue weighted by Crippen LogP contribution is 2.20. The predicted octanol–water partition coefficient (Wildman–Crippen LogP) is 0.887. The molecule has 0 aliphatic carbocycles. The van der Waals surface area contributed by atoms with Gasteiger partial charge >= 0.3 is 0 Å². The number of ether oxygens (including phenoxy) is 1. The number of furan rings is 1. The molecule has 1 atom stereocenters.